The molecule has 21 heavy (non-hydrogen) atoms. The molecule has 2 N–H and O–H groups in total. The minimum absolute atomic E-state index is 0.0110. The van der Waals surface area contributed by atoms with E-state index in [2.05, 4.69) is 13.8 Å². The number of carbonyl (C=O) groups excluding carboxylic acids is 1. The highest BCUT2D eigenvalue weighted by Crippen LogP contribution is 2.18. The second-order valence-electron chi connectivity index (χ2n) is 5.19. The Labute approximate surface area is 125 Å². The quantitative estimate of drug-likeness (QED) is 0.642. The van der Waals surface area contributed by atoms with Crippen molar-refractivity contribution in [1.29, 1.82) is 0 Å². The van der Waals surface area contributed by atoms with Gasteiger partial charge in [0.2, 0.25) is 0 Å². The number of nitrogens with two attached hydrogens (primary N) is 1. The van der Waals surface area contributed by atoms with E-state index < -0.39 is 0 Å². The zero-order valence-electron chi connectivity index (χ0n) is 12.5. The van der Waals surface area contributed by atoms with E-state index in [4.69, 9.17) is 10.5 Å². The van der Waals surface area contributed by atoms with Crippen LogP contribution in [0, 0.1) is 0 Å². The zero-order chi connectivity index (χ0) is 15.2. The monoisotopic (exact) mass is 283 g/mol. The van der Waals surface area contributed by atoms with Gasteiger partial charge in [0.25, 0.3) is 0 Å². The zero-order valence-corrected chi connectivity index (χ0v) is 12.5. The maximum Gasteiger partial charge on any atom is 0.193 e. The van der Waals surface area contributed by atoms with Crippen LogP contribution < -0.4 is 10.5 Å². The SMILES string of the molecule is CCCC(C)Oc1ccc(C(=O)c2ccc(N)cc2)cc1. The highest BCUT2D eigenvalue weighted by atomic mass is 16.5. The molecule has 0 bridgehead atoms. The van der Waals surface area contributed by atoms with Crippen molar-refractivity contribution in [2.45, 2.75) is 32.8 Å². The first-order valence-corrected chi connectivity index (χ1v) is 7.27. The normalized spacial score (nSPS) is 11.9. The first kappa shape index (κ1) is 15.1. The van der Waals surface area contributed by atoms with Crippen LogP contribution in [-0.4, -0.2) is 11.9 Å². The number of ether oxygens (including phenoxy) is 1. The van der Waals surface area contributed by atoms with Crippen LogP contribution in [0.5, 0.6) is 5.75 Å². The van der Waals surface area contributed by atoms with E-state index in [-0.39, 0.29) is 11.9 Å². The van der Waals surface area contributed by atoms with Crippen molar-refractivity contribution >= 4 is 11.5 Å². The third-order valence-electron chi connectivity index (χ3n) is 3.32. The maximum atomic E-state index is 12.3. The number of ketones is 1. The maximum absolute atomic E-state index is 12.3. The molecule has 0 amide bonds. The van der Waals surface area contributed by atoms with Gasteiger partial charge in [0.15, 0.2) is 5.78 Å². The van der Waals surface area contributed by atoms with Gasteiger partial charge in [-0.25, -0.2) is 0 Å². The van der Waals surface area contributed by atoms with Gasteiger partial charge in [-0.05, 0) is 61.9 Å². The molecule has 3 heteroatoms. The minimum atomic E-state index is -0.0110. The predicted octanol–water partition coefficient (Wildman–Crippen LogP) is 4.07. The summed E-state index contributed by atoms with van der Waals surface area (Å²) < 4.78 is 5.78. The summed E-state index contributed by atoms with van der Waals surface area (Å²) in [5.74, 6) is 0.785. The molecule has 1 unspecified atom stereocenters. The molecule has 0 aliphatic rings. The van der Waals surface area contributed by atoms with E-state index in [9.17, 15) is 4.79 Å². The van der Waals surface area contributed by atoms with Crippen LogP contribution in [-0.2, 0) is 0 Å². The molecule has 2 aromatic carbocycles. The van der Waals surface area contributed by atoms with Gasteiger partial charge >= 0.3 is 0 Å². The van der Waals surface area contributed by atoms with Crippen LogP contribution in [0.15, 0.2) is 48.5 Å². The Morgan fingerprint density at radius 1 is 1.05 bits per heavy atom. The lowest BCUT2D eigenvalue weighted by atomic mass is 10.0. The molecule has 3 nitrogen and oxygen atoms in total. The van der Waals surface area contributed by atoms with Crippen molar-refractivity contribution in [3.05, 3.63) is 59.7 Å². The fourth-order valence-corrected chi connectivity index (χ4v) is 2.18. The van der Waals surface area contributed by atoms with E-state index in [1.807, 2.05) is 12.1 Å². The van der Waals surface area contributed by atoms with Gasteiger partial charge in [-0.3, -0.25) is 4.79 Å². The molecular weight excluding hydrogens is 262 g/mol. The molecule has 1 atom stereocenters. The Morgan fingerprint density at radius 2 is 1.57 bits per heavy atom. The molecule has 0 spiro atoms. The Bertz CT molecular complexity index is 588. The highest BCUT2D eigenvalue weighted by Gasteiger charge is 2.09. The number of rotatable bonds is 6. The third kappa shape index (κ3) is 4.09. The van der Waals surface area contributed by atoms with Crippen molar-refractivity contribution in [1.82, 2.24) is 0 Å². The third-order valence-corrected chi connectivity index (χ3v) is 3.32. The number of benzene rings is 2. The lowest BCUT2D eigenvalue weighted by Crippen LogP contribution is -2.11. The number of nitrogen functional groups attached to an aromatic ring is 1. The fraction of sp³-hybridized carbons (Fsp3) is 0.278. The van der Waals surface area contributed by atoms with Gasteiger partial charge in [0.1, 0.15) is 5.75 Å². The first-order chi connectivity index (χ1) is 10.1. The molecule has 0 saturated carbocycles. The summed E-state index contributed by atoms with van der Waals surface area (Å²) in [7, 11) is 0. The van der Waals surface area contributed by atoms with Crippen LogP contribution in [0.4, 0.5) is 5.69 Å². The van der Waals surface area contributed by atoms with E-state index in [0.29, 0.717) is 16.8 Å². The minimum Gasteiger partial charge on any atom is -0.491 e. The first-order valence-electron chi connectivity index (χ1n) is 7.27. The van der Waals surface area contributed by atoms with Gasteiger partial charge in [0, 0.05) is 16.8 Å². The second kappa shape index (κ2) is 6.93. The standard InChI is InChI=1S/C18H21NO2/c1-3-4-13(2)21-17-11-7-15(8-12-17)18(20)14-5-9-16(19)10-6-14/h5-13H,3-4,19H2,1-2H3. The number of hydrogen-bond acceptors (Lipinski definition) is 3. The van der Waals surface area contributed by atoms with Gasteiger partial charge in [-0.2, -0.15) is 0 Å². The second-order valence-corrected chi connectivity index (χ2v) is 5.19. The smallest absolute Gasteiger partial charge is 0.193 e. The Balaban J connectivity index is 2.08. The van der Waals surface area contributed by atoms with Crippen LogP contribution in [0.1, 0.15) is 42.6 Å². The van der Waals surface area contributed by atoms with Gasteiger partial charge in [-0.1, -0.05) is 13.3 Å². The van der Waals surface area contributed by atoms with Gasteiger partial charge in [-0.15, -0.1) is 0 Å². The molecule has 0 radical (unpaired) electrons. The summed E-state index contributed by atoms with van der Waals surface area (Å²) in [6, 6.07) is 14.2. The lowest BCUT2D eigenvalue weighted by molar-refractivity contribution is 0.103. The lowest BCUT2D eigenvalue weighted by Gasteiger charge is -2.13. The summed E-state index contributed by atoms with van der Waals surface area (Å²) in [5.41, 5.74) is 7.57. The molecule has 2 aromatic rings. The van der Waals surface area contributed by atoms with Crippen LogP contribution >= 0.6 is 0 Å². The van der Waals surface area contributed by atoms with Crippen molar-refractivity contribution in [2.24, 2.45) is 0 Å². The molecule has 0 fully saturated rings. The van der Waals surface area contributed by atoms with Crippen molar-refractivity contribution < 1.29 is 9.53 Å². The Hall–Kier alpha value is -2.29. The Morgan fingerprint density at radius 3 is 2.10 bits per heavy atom. The molecule has 2 rings (SSSR count). The summed E-state index contributed by atoms with van der Waals surface area (Å²) in [5, 5.41) is 0. The number of anilines is 1. The largest absolute Gasteiger partial charge is 0.491 e. The number of hydrogen-bond donors (Lipinski definition) is 1. The molecule has 0 saturated heterocycles. The van der Waals surface area contributed by atoms with Crippen LogP contribution in [0.3, 0.4) is 0 Å². The molecule has 110 valence electrons. The topological polar surface area (TPSA) is 52.3 Å². The Kier molecular flexibility index (Phi) is 4.99. The summed E-state index contributed by atoms with van der Waals surface area (Å²) in [6.07, 6.45) is 2.30. The molecule has 0 aliphatic heterocycles. The van der Waals surface area contributed by atoms with Gasteiger partial charge in [0.05, 0.1) is 6.10 Å². The predicted molar refractivity (Wildman–Crippen MR) is 85.7 cm³/mol. The summed E-state index contributed by atoms with van der Waals surface area (Å²) in [4.78, 5) is 12.3. The summed E-state index contributed by atoms with van der Waals surface area (Å²) >= 11 is 0. The van der Waals surface area contributed by atoms with E-state index >= 15 is 0 Å². The summed E-state index contributed by atoms with van der Waals surface area (Å²) in [6.45, 7) is 4.19. The average Bonchev–Trinajstić information content (AvgIpc) is 2.48. The van der Waals surface area contributed by atoms with Crippen molar-refractivity contribution in [3.8, 4) is 5.75 Å². The molecule has 0 aromatic heterocycles. The van der Waals surface area contributed by atoms with Crippen LogP contribution in [0.2, 0.25) is 0 Å². The molecule has 0 heterocycles. The number of carbonyl (C=O) groups is 1. The van der Waals surface area contributed by atoms with Crippen molar-refractivity contribution in [2.75, 3.05) is 5.73 Å². The molecule has 0 aliphatic carbocycles. The molecular formula is C18H21NO2. The van der Waals surface area contributed by atoms with E-state index in [1.54, 1.807) is 36.4 Å². The van der Waals surface area contributed by atoms with Crippen LogP contribution in [0.25, 0.3) is 0 Å². The van der Waals surface area contributed by atoms with E-state index in [0.717, 1.165) is 18.6 Å². The van der Waals surface area contributed by atoms with Crippen molar-refractivity contribution in [3.63, 3.8) is 0 Å². The fourth-order valence-electron chi connectivity index (χ4n) is 2.18. The van der Waals surface area contributed by atoms with Gasteiger partial charge < -0.3 is 10.5 Å². The van der Waals surface area contributed by atoms with E-state index in [1.165, 1.54) is 0 Å². The average molecular weight is 283 g/mol. The highest BCUT2D eigenvalue weighted by molar-refractivity contribution is 6.09.